The number of nitrogens with one attached hydrogen (secondary N) is 1. The van der Waals surface area contributed by atoms with E-state index in [0.29, 0.717) is 24.8 Å². The standard InChI is InChI=1S/C20H25N3O2.C2H2O4/c1-15(2)22-11-13-25-18-9-3-6-16-8-5-12-23(19(16)18)20(24)17-7-4-10-21-14-17;3-1(4)2(5)6/h3-4,6-7,9-10,14-15,22H,5,8,11-13H2,1-2H3;(H,3,4)(H,5,6). The summed E-state index contributed by atoms with van der Waals surface area (Å²) in [6, 6.07) is 10.1. The van der Waals surface area contributed by atoms with Crippen molar-refractivity contribution >= 4 is 23.5 Å². The van der Waals surface area contributed by atoms with E-state index >= 15 is 0 Å². The minimum absolute atomic E-state index is 0.0228. The first-order valence-electron chi connectivity index (χ1n) is 9.97. The van der Waals surface area contributed by atoms with E-state index in [2.05, 4.69) is 30.2 Å². The number of ether oxygens (including phenoxy) is 1. The van der Waals surface area contributed by atoms with Gasteiger partial charge >= 0.3 is 11.9 Å². The number of fused-ring (bicyclic) bond motifs is 1. The molecule has 0 radical (unpaired) electrons. The average molecular weight is 429 g/mol. The summed E-state index contributed by atoms with van der Waals surface area (Å²) in [5.41, 5.74) is 2.68. The van der Waals surface area contributed by atoms with Crippen LogP contribution in [0.2, 0.25) is 0 Å². The highest BCUT2D eigenvalue weighted by atomic mass is 16.5. The zero-order chi connectivity index (χ0) is 22.8. The normalized spacial score (nSPS) is 12.4. The molecule has 0 aliphatic carbocycles. The first kappa shape index (κ1) is 23.8. The second-order valence-electron chi connectivity index (χ2n) is 7.13. The summed E-state index contributed by atoms with van der Waals surface area (Å²) < 4.78 is 6.00. The smallest absolute Gasteiger partial charge is 0.414 e. The molecule has 9 nitrogen and oxygen atoms in total. The highest BCUT2D eigenvalue weighted by Gasteiger charge is 2.27. The number of hydrogen-bond acceptors (Lipinski definition) is 6. The van der Waals surface area contributed by atoms with Crippen LogP contribution >= 0.6 is 0 Å². The number of benzene rings is 1. The van der Waals surface area contributed by atoms with Crippen molar-refractivity contribution in [1.29, 1.82) is 0 Å². The molecule has 0 saturated heterocycles. The number of aryl methyl sites for hydroxylation is 1. The predicted octanol–water partition coefficient (Wildman–Crippen LogP) is 2.21. The maximum Gasteiger partial charge on any atom is 0.414 e. The molecule has 0 bridgehead atoms. The molecule has 0 saturated carbocycles. The topological polar surface area (TPSA) is 129 Å². The summed E-state index contributed by atoms with van der Waals surface area (Å²) >= 11 is 0. The molecule has 9 heteroatoms. The van der Waals surface area contributed by atoms with Crippen LogP contribution in [0.5, 0.6) is 5.75 Å². The summed E-state index contributed by atoms with van der Waals surface area (Å²) in [4.78, 5) is 37.1. The molecule has 31 heavy (non-hydrogen) atoms. The molecule has 1 aromatic carbocycles. The molecule has 0 unspecified atom stereocenters. The van der Waals surface area contributed by atoms with E-state index in [-0.39, 0.29) is 5.91 Å². The minimum atomic E-state index is -1.82. The van der Waals surface area contributed by atoms with Crippen molar-refractivity contribution in [3.8, 4) is 5.75 Å². The van der Waals surface area contributed by atoms with Crippen LogP contribution in [0.25, 0.3) is 0 Å². The van der Waals surface area contributed by atoms with Crippen LogP contribution in [0.3, 0.4) is 0 Å². The Hall–Kier alpha value is -3.46. The summed E-state index contributed by atoms with van der Waals surface area (Å²) in [5, 5.41) is 18.1. The van der Waals surface area contributed by atoms with Gasteiger partial charge in [0.2, 0.25) is 0 Å². The molecule has 3 rings (SSSR count). The average Bonchev–Trinajstić information content (AvgIpc) is 2.76. The number of para-hydroxylation sites is 1. The molecule has 3 N–H and O–H groups in total. The molecule has 1 amide bonds. The van der Waals surface area contributed by atoms with Gasteiger partial charge in [-0.15, -0.1) is 0 Å². The summed E-state index contributed by atoms with van der Waals surface area (Å²) in [5.74, 6) is -2.89. The molecule has 2 aromatic rings. The SMILES string of the molecule is CC(C)NCCOc1cccc2c1N(C(=O)c1cccnc1)CCC2.O=C(O)C(=O)O. The van der Waals surface area contributed by atoms with Crippen molar-refractivity contribution in [3.63, 3.8) is 0 Å². The number of rotatable bonds is 6. The summed E-state index contributed by atoms with van der Waals surface area (Å²) in [6.07, 6.45) is 5.22. The fraction of sp³-hybridized carbons (Fsp3) is 0.364. The van der Waals surface area contributed by atoms with Crippen molar-refractivity contribution < 1.29 is 29.3 Å². The number of pyridine rings is 1. The molecule has 0 spiro atoms. The van der Waals surface area contributed by atoms with Crippen molar-refractivity contribution in [2.24, 2.45) is 0 Å². The van der Waals surface area contributed by atoms with Crippen LogP contribution in [0.15, 0.2) is 42.7 Å². The van der Waals surface area contributed by atoms with E-state index in [1.807, 2.05) is 17.0 Å². The molecular formula is C22H27N3O6. The number of carbonyl (C=O) groups excluding carboxylic acids is 1. The van der Waals surface area contributed by atoms with Gasteiger partial charge in [-0.3, -0.25) is 9.78 Å². The van der Waals surface area contributed by atoms with E-state index in [1.165, 1.54) is 0 Å². The van der Waals surface area contributed by atoms with E-state index in [0.717, 1.165) is 36.4 Å². The zero-order valence-electron chi connectivity index (χ0n) is 17.6. The highest BCUT2D eigenvalue weighted by Crippen LogP contribution is 2.37. The number of hydrogen-bond donors (Lipinski definition) is 3. The van der Waals surface area contributed by atoms with Gasteiger partial charge in [0.15, 0.2) is 0 Å². The van der Waals surface area contributed by atoms with Gasteiger partial charge in [0, 0.05) is 31.5 Å². The van der Waals surface area contributed by atoms with Crippen molar-refractivity contribution in [2.75, 3.05) is 24.6 Å². The lowest BCUT2D eigenvalue weighted by molar-refractivity contribution is -0.159. The maximum absolute atomic E-state index is 13.0. The van der Waals surface area contributed by atoms with Gasteiger partial charge in [0.05, 0.1) is 11.3 Å². The maximum atomic E-state index is 13.0. The Labute approximate surface area is 180 Å². The van der Waals surface area contributed by atoms with Crippen LogP contribution in [-0.2, 0) is 16.0 Å². The minimum Gasteiger partial charge on any atom is -0.490 e. The van der Waals surface area contributed by atoms with Gasteiger partial charge < -0.3 is 25.2 Å². The van der Waals surface area contributed by atoms with Gasteiger partial charge in [-0.05, 0) is 36.6 Å². The Morgan fingerprint density at radius 3 is 2.52 bits per heavy atom. The van der Waals surface area contributed by atoms with Gasteiger partial charge in [0.1, 0.15) is 12.4 Å². The predicted molar refractivity (Wildman–Crippen MR) is 115 cm³/mol. The van der Waals surface area contributed by atoms with Crippen molar-refractivity contribution in [2.45, 2.75) is 32.7 Å². The van der Waals surface area contributed by atoms with Crippen LogP contribution < -0.4 is 15.0 Å². The molecule has 0 atom stereocenters. The van der Waals surface area contributed by atoms with Gasteiger partial charge in [-0.1, -0.05) is 26.0 Å². The molecule has 1 aliphatic rings. The van der Waals surface area contributed by atoms with Gasteiger partial charge in [0.25, 0.3) is 5.91 Å². The largest absolute Gasteiger partial charge is 0.490 e. The first-order valence-corrected chi connectivity index (χ1v) is 9.97. The van der Waals surface area contributed by atoms with Crippen molar-refractivity contribution in [1.82, 2.24) is 10.3 Å². The molecule has 1 aliphatic heterocycles. The number of amides is 1. The summed E-state index contributed by atoms with van der Waals surface area (Å²) in [6.45, 7) is 6.27. The van der Waals surface area contributed by atoms with E-state index < -0.39 is 11.9 Å². The third-order valence-electron chi connectivity index (χ3n) is 4.43. The second-order valence-corrected chi connectivity index (χ2v) is 7.13. The summed E-state index contributed by atoms with van der Waals surface area (Å²) in [7, 11) is 0. The lowest BCUT2D eigenvalue weighted by Gasteiger charge is -2.31. The Morgan fingerprint density at radius 1 is 1.16 bits per heavy atom. The number of aliphatic carboxylic acids is 2. The zero-order valence-corrected chi connectivity index (χ0v) is 17.6. The third-order valence-corrected chi connectivity index (χ3v) is 4.43. The highest BCUT2D eigenvalue weighted by molar-refractivity contribution is 6.27. The molecule has 1 aromatic heterocycles. The fourth-order valence-electron chi connectivity index (χ4n) is 3.09. The lowest BCUT2D eigenvalue weighted by atomic mass is 10.00. The van der Waals surface area contributed by atoms with Crippen LogP contribution in [0, 0.1) is 0 Å². The quantitative estimate of drug-likeness (QED) is 0.471. The Morgan fingerprint density at radius 2 is 1.90 bits per heavy atom. The van der Waals surface area contributed by atoms with E-state index in [9.17, 15) is 4.79 Å². The van der Waals surface area contributed by atoms with Gasteiger partial charge in [-0.2, -0.15) is 0 Å². The van der Waals surface area contributed by atoms with Crippen LogP contribution in [-0.4, -0.2) is 58.8 Å². The Kier molecular flexibility index (Phi) is 8.95. The molecule has 166 valence electrons. The Balaban J connectivity index is 0.000000501. The molecule has 2 heterocycles. The number of carbonyl (C=O) groups is 3. The van der Waals surface area contributed by atoms with Crippen LogP contribution in [0.1, 0.15) is 36.2 Å². The van der Waals surface area contributed by atoms with E-state index in [4.69, 9.17) is 24.5 Å². The molecule has 0 fully saturated rings. The fourth-order valence-corrected chi connectivity index (χ4v) is 3.09. The molecular weight excluding hydrogens is 402 g/mol. The number of anilines is 1. The Bertz CT molecular complexity index is 889. The third kappa shape index (κ3) is 7.07. The van der Waals surface area contributed by atoms with Crippen molar-refractivity contribution in [3.05, 3.63) is 53.9 Å². The number of carboxylic acid groups (broad SMARTS) is 2. The number of carboxylic acids is 2. The van der Waals surface area contributed by atoms with Gasteiger partial charge in [-0.25, -0.2) is 9.59 Å². The van der Waals surface area contributed by atoms with Crippen LogP contribution in [0.4, 0.5) is 5.69 Å². The lowest BCUT2D eigenvalue weighted by Crippen LogP contribution is -2.36. The number of nitrogens with zero attached hydrogens (tertiary/aromatic N) is 2. The number of aromatic nitrogens is 1. The first-order chi connectivity index (χ1) is 14.8. The monoisotopic (exact) mass is 429 g/mol. The van der Waals surface area contributed by atoms with E-state index in [1.54, 1.807) is 24.5 Å². The second kappa shape index (κ2) is 11.7.